The summed E-state index contributed by atoms with van der Waals surface area (Å²) in [5.41, 5.74) is 6.53. The second kappa shape index (κ2) is 17.4. The molecule has 0 aromatic heterocycles. The number of halogens is 2. The minimum Gasteiger partial charge on any atom is -0.508 e. The molecule has 8 N–H and O–H groups in total. The lowest BCUT2D eigenvalue weighted by Crippen LogP contribution is -2.57. The van der Waals surface area contributed by atoms with Gasteiger partial charge in [0.1, 0.15) is 53.6 Å². The van der Waals surface area contributed by atoms with Crippen molar-refractivity contribution in [3.8, 4) is 17.2 Å². The lowest BCUT2D eigenvalue weighted by molar-refractivity contribution is -0.147. The van der Waals surface area contributed by atoms with Gasteiger partial charge in [0.15, 0.2) is 0 Å². The third kappa shape index (κ3) is 10.8. The van der Waals surface area contributed by atoms with Crippen LogP contribution in [0.2, 0.25) is 0 Å². The fourth-order valence-electron chi connectivity index (χ4n) is 4.93. The van der Waals surface area contributed by atoms with Gasteiger partial charge in [-0.15, -0.1) is 0 Å². The Bertz CT molecular complexity index is 1790. The highest BCUT2D eigenvalue weighted by molar-refractivity contribution is 5.99. The van der Waals surface area contributed by atoms with Crippen LogP contribution in [-0.2, 0) is 38.4 Å². The Morgan fingerprint density at radius 1 is 0.620 bits per heavy atom. The topological polar surface area (TPSA) is 200 Å². The van der Waals surface area contributed by atoms with Gasteiger partial charge < -0.3 is 41.7 Å². The van der Waals surface area contributed by atoms with E-state index in [0.29, 0.717) is 22.8 Å². The second-order valence-electron chi connectivity index (χ2n) is 11.3. The van der Waals surface area contributed by atoms with Crippen molar-refractivity contribution in [2.75, 3.05) is 13.2 Å². The molecule has 0 fully saturated rings. The SMILES string of the molecule is NCCOC(=O)[C@H](Cc1ccc(O)cc1)NC(=O)[C@H](Cc1ccc(O)cc1)NC(=O)[C@H](Cc1ccc(O)cc1)NC(=O)c1ccc(F)cc1F. The Labute approximate surface area is 285 Å². The summed E-state index contributed by atoms with van der Waals surface area (Å²) in [6, 6.07) is 15.8. The molecule has 3 atom stereocenters. The van der Waals surface area contributed by atoms with Crippen molar-refractivity contribution in [2.24, 2.45) is 5.73 Å². The Morgan fingerprint density at radius 3 is 1.48 bits per heavy atom. The highest BCUT2D eigenvalue weighted by Gasteiger charge is 2.31. The summed E-state index contributed by atoms with van der Waals surface area (Å²) in [6.45, 7) is -0.0944. The van der Waals surface area contributed by atoms with Crippen LogP contribution in [0.3, 0.4) is 0 Å². The molecule has 0 heterocycles. The summed E-state index contributed by atoms with van der Waals surface area (Å²) < 4.78 is 33.2. The van der Waals surface area contributed by atoms with Crippen LogP contribution in [0.5, 0.6) is 17.2 Å². The Balaban J connectivity index is 1.63. The Hall–Kier alpha value is -6.02. The fraction of sp³-hybridized carbons (Fsp3) is 0.222. The predicted octanol–water partition coefficient (Wildman–Crippen LogP) is 2.38. The maximum absolute atomic E-state index is 14.5. The van der Waals surface area contributed by atoms with E-state index in [2.05, 4.69) is 16.0 Å². The highest BCUT2D eigenvalue weighted by Crippen LogP contribution is 2.16. The molecule has 0 bridgehead atoms. The quantitative estimate of drug-likeness (QED) is 0.0915. The third-order valence-electron chi connectivity index (χ3n) is 7.52. The number of rotatable bonds is 15. The van der Waals surface area contributed by atoms with E-state index < -0.39 is 59.0 Å². The largest absolute Gasteiger partial charge is 0.508 e. The lowest BCUT2D eigenvalue weighted by Gasteiger charge is -2.25. The fourth-order valence-corrected chi connectivity index (χ4v) is 4.93. The van der Waals surface area contributed by atoms with Gasteiger partial charge >= 0.3 is 5.97 Å². The number of benzene rings is 4. The first-order valence-corrected chi connectivity index (χ1v) is 15.5. The molecule has 0 spiro atoms. The number of aromatic hydroxyl groups is 3. The molecule has 4 aromatic rings. The number of hydrogen-bond donors (Lipinski definition) is 7. The predicted molar refractivity (Wildman–Crippen MR) is 177 cm³/mol. The molecule has 262 valence electrons. The molecule has 0 unspecified atom stereocenters. The molecule has 0 aliphatic heterocycles. The second-order valence-corrected chi connectivity index (χ2v) is 11.3. The smallest absolute Gasteiger partial charge is 0.329 e. The van der Waals surface area contributed by atoms with E-state index in [1.165, 1.54) is 60.7 Å². The summed E-state index contributed by atoms with van der Waals surface area (Å²) >= 11 is 0. The Kier molecular flexibility index (Phi) is 12.8. The van der Waals surface area contributed by atoms with E-state index in [9.17, 15) is 43.3 Å². The van der Waals surface area contributed by atoms with Crippen LogP contribution in [0.1, 0.15) is 27.0 Å². The normalized spacial score (nSPS) is 12.6. The highest BCUT2D eigenvalue weighted by atomic mass is 19.1. The number of phenolic OH excluding ortho intramolecular Hbond substituents is 3. The average molecular weight is 691 g/mol. The standard InChI is InChI=1S/C36H36F2N4O8/c37-24-7-14-28(29(38)20-24)33(46)40-30(17-21-1-8-25(43)9-2-21)34(47)41-31(18-22-3-10-26(44)11-4-22)35(48)42-32(36(49)50-16-15-39)19-23-5-12-27(45)13-6-23/h1-14,20,30-32,43-45H,15-19,39H2,(H,40,46)(H,41,47)(H,42,48)/t30-,31-,32-/m0/s1. The zero-order valence-electron chi connectivity index (χ0n) is 26.6. The molecule has 4 rings (SSSR count). The van der Waals surface area contributed by atoms with Gasteiger partial charge in [-0.25, -0.2) is 13.6 Å². The van der Waals surface area contributed by atoms with Crippen LogP contribution in [-0.4, -0.2) is 70.3 Å². The number of ether oxygens (including phenoxy) is 1. The van der Waals surface area contributed by atoms with Crippen molar-refractivity contribution >= 4 is 23.7 Å². The van der Waals surface area contributed by atoms with Crippen molar-refractivity contribution in [1.82, 2.24) is 16.0 Å². The first kappa shape index (κ1) is 36.8. The summed E-state index contributed by atoms with van der Waals surface area (Å²) in [4.78, 5) is 53.9. The van der Waals surface area contributed by atoms with Crippen LogP contribution in [0, 0.1) is 11.6 Å². The number of phenols is 3. The van der Waals surface area contributed by atoms with E-state index in [-0.39, 0.29) is 49.7 Å². The van der Waals surface area contributed by atoms with Crippen LogP contribution in [0.25, 0.3) is 0 Å². The van der Waals surface area contributed by atoms with Gasteiger partial charge in [0, 0.05) is 31.9 Å². The summed E-state index contributed by atoms with van der Waals surface area (Å²) in [5.74, 6) is -5.67. The molecule has 0 aliphatic rings. The number of esters is 1. The first-order valence-electron chi connectivity index (χ1n) is 15.5. The molecule has 12 nitrogen and oxygen atoms in total. The molecular weight excluding hydrogens is 654 g/mol. The summed E-state index contributed by atoms with van der Waals surface area (Å²) in [7, 11) is 0. The lowest BCUT2D eigenvalue weighted by atomic mass is 10.0. The maximum Gasteiger partial charge on any atom is 0.329 e. The van der Waals surface area contributed by atoms with Crippen molar-refractivity contribution in [3.63, 3.8) is 0 Å². The van der Waals surface area contributed by atoms with E-state index in [1.807, 2.05) is 0 Å². The van der Waals surface area contributed by atoms with Gasteiger partial charge in [-0.1, -0.05) is 36.4 Å². The zero-order valence-corrected chi connectivity index (χ0v) is 26.6. The first-order chi connectivity index (χ1) is 23.9. The van der Waals surface area contributed by atoms with Gasteiger partial charge in [0.2, 0.25) is 11.8 Å². The monoisotopic (exact) mass is 690 g/mol. The van der Waals surface area contributed by atoms with Gasteiger partial charge in [0.25, 0.3) is 5.91 Å². The zero-order chi connectivity index (χ0) is 36.2. The van der Waals surface area contributed by atoms with Crippen LogP contribution >= 0.6 is 0 Å². The van der Waals surface area contributed by atoms with Crippen molar-refractivity contribution in [3.05, 3.63) is 125 Å². The minimum absolute atomic E-state index is 0.00664. The van der Waals surface area contributed by atoms with Crippen molar-refractivity contribution in [1.29, 1.82) is 0 Å². The van der Waals surface area contributed by atoms with E-state index in [4.69, 9.17) is 10.5 Å². The molecular formula is C36H36F2N4O8. The van der Waals surface area contributed by atoms with E-state index in [1.54, 1.807) is 12.1 Å². The van der Waals surface area contributed by atoms with Crippen molar-refractivity contribution in [2.45, 2.75) is 37.4 Å². The minimum atomic E-state index is -1.41. The summed E-state index contributed by atoms with van der Waals surface area (Å²) in [5, 5.41) is 36.8. The van der Waals surface area contributed by atoms with E-state index in [0.717, 1.165) is 12.1 Å². The van der Waals surface area contributed by atoms with Gasteiger partial charge in [0.05, 0.1) is 5.56 Å². The van der Waals surface area contributed by atoms with Crippen molar-refractivity contribution < 1.29 is 48.0 Å². The van der Waals surface area contributed by atoms with E-state index >= 15 is 0 Å². The average Bonchev–Trinajstić information content (AvgIpc) is 3.08. The number of carbonyl (C=O) groups is 4. The molecule has 4 aromatic carbocycles. The van der Waals surface area contributed by atoms with Crippen LogP contribution in [0.15, 0.2) is 91.0 Å². The number of carbonyl (C=O) groups excluding carboxylic acids is 4. The molecule has 50 heavy (non-hydrogen) atoms. The van der Waals surface area contributed by atoms with Crippen LogP contribution < -0.4 is 21.7 Å². The number of hydrogen-bond acceptors (Lipinski definition) is 9. The van der Waals surface area contributed by atoms with Crippen LogP contribution in [0.4, 0.5) is 8.78 Å². The molecule has 14 heteroatoms. The molecule has 3 amide bonds. The maximum atomic E-state index is 14.5. The number of nitrogens with two attached hydrogens (primary N) is 1. The molecule has 0 saturated carbocycles. The Morgan fingerprint density at radius 2 is 1.04 bits per heavy atom. The number of nitrogens with one attached hydrogen (secondary N) is 3. The summed E-state index contributed by atoms with van der Waals surface area (Å²) in [6.07, 6.45) is -0.338. The molecule has 0 radical (unpaired) electrons. The molecule has 0 saturated heterocycles. The van der Waals surface area contributed by atoms with Gasteiger partial charge in [-0.05, 0) is 65.2 Å². The van der Waals surface area contributed by atoms with Gasteiger partial charge in [-0.3, -0.25) is 14.4 Å². The van der Waals surface area contributed by atoms with Gasteiger partial charge in [-0.2, -0.15) is 0 Å². The molecule has 0 aliphatic carbocycles. The third-order valence-corrected chi connectivity index (χ3v) is 7.52. The number of amides is 3.